The third-order valence-corrected chi connectivity index (χ3v) is 4.18. The van der Waals surface area contributed by atoms with Crippen molar-refractivity contribution < 1.29 is 14.6 Å². The lowest BCUT2D eigenvalue weighted by molar-refractivity contribution is -0.150. The van der Waals surface area contributed by atoms with Crippen LogP contribution in [-0.4, -0.2) is 23.8 Å². The fraction of sp³-hybridized carbons (Fsp3) is 0.750. The normalized spacial score (nSPS) is 43.8. The molecule has 0 heterocycles. The topological polar surface area (TPSA) is 46.5 Å². The summed E-state index contributed by atoms with van der Waals surface area (Å²) in [7, 11) is 1.42. The lowest BCUT2D eigenvalue weighted by atomic mass is 9.53. The monoisotopic (exact) mass is 210 g/mol. The van der Waals surface area contributed by atoms with Crippen molar-refractivity contribution >= 4 is 5.97 Å². The van der Waals surface area contributed by atoms with Gasteiger partial charge in [0.05, 0.1) is 18.6 Å². The summed E-state index contributed by atoms with van der Waals surface area (Å²) in [6, 6.07) is 0. The van der Waals surface area contributed by atoms with Crippen molar-refractivity contribution in [1.82, 2.24) is 0 Å². The van der Waals surface area contributed by atoms with Gasteiger partial charge in [-0.25, -0.2) is 0 Å². The van der Waals surface area contributed by atoms with Crippen LogP contribution in [0.5, 0.6) is 0 Å². The van der Waals surface area contributed by atoms with E-state index in [0.29, 0.717) is 0 Å². The standard InChI is InChI=1S/C12H18O3/c1-11(14)7-8-12(11)5-3-9(4-6-12)10(13)15-2/h3,5,9,14H,4,6-8H2,1-2H3/t9-,11-,12+/m1/s1. The summed E-state index contributed by atoms with van der Waals surface area (Å²) in [6.07, 6.45) is 7.50. The van der Waals surface area contributed by atoms with E-state index in [4.69, 9.17) is 4.74 Å². The first-order chi connectivity index (χ1) is 7.01. The Kier molecular flexibility index (Phi) is 2.38. The molecule has 0 aliphatic heterocycles. The molecule has 1 saturated carbocycles. The molecular formula is C12H18O3. The van der Waals surface area contributed by atoms with Crippen LogP contribution in [-0.2, 0) is 9.53 Å². The number of esters is 1. The third-order valence-electron chi connectivity index (χ3n) is 4.18. The van der Waals surface area contributed by atoms with Crippen LogP contribution in [0, 0.1) is 11.3 Å². The number of methoxy groups -OCH3 is 1. The fourth-order valence-electron chi connectivity index (χ4n) is 2.71. The molecule has 3 heteroatoms. The van der Waals surface area contributed by atoms with Crippen molar-refractivity contribution in [3.05, 3.63) is 12.2 Å². The Labute approximate surface area is 90.1 Å². The molecule has 0 radical (unpaired) electrons. The lowest BCUT2D eigenvalue weighted by Gasteiger charge is -2.55. The average molecular weight is 210 g/mol. The molecule has 0 bridgehead atoms. The number of ether oxygens (including phenoxy) is 1. The summed E-state index contributed by atoms with van der Waals surface area (Å²) < 4.78 is 4.71. The van der Waals surface area contributed by atoms with Crippen LogP contribution >= 0.6 is 0 Å². The Morgan fingerprint density at radius 3 is 2.53 bits per heavy atom. The van der Waals surface area contributed by atoms with Gasteiger partial charge in [-0.1, -0.05) is 12.2 Å². The Bertz CT molecular complexity index is 306. The van der Waals surface area contributed by atoms with Gasteiger partial charge in [-0.05, 0) is 32.6 Å². The summed E-state index contributed by atoms with van der Waals surface area (Å²) >= 11 is 0. The Balaban J connectivity index is 2.09. The fourth-order valence-corrected chi connectivity index (χ4v) is 2.71. The largest absolute Gasteiger partial charge is 0.469 e. The van der Waals surface area contributed by atoms with Crippen LogP contribution in [0.25, 0.3) is 0 Å². The van der Waals surface area contributed by atoms with Gasteiger partial charge in [0.15, 0.2) is 0 Å². The van der Waals surface area contributed by atoms with E-state index in [0.717, 1.165) is 25.7 Å². The zero-order valence-corrected chi connectivity index (χ0v) is 9.32. The number of carbonyl (C=O) groups is 1. The SMILES string of the molecule is COC(=O)[C@@H]1C=C[C@]2(CC1)CC[C@@]2(C)O. The van der Waals surface area contributed by atoms with Crippen molar-refractivity contribution in [2.24, 2.45) is 11.3 Å². The van der Waals surface area contributed by atoms with E-state index in [1.165, 1.54) is 7.11 Å². The molecule has 1 N–H and O–H groups in total. The second-order valence-electron chi connectivity index (χ2n) is 4.96. The molecule has 0 aromatic heterocycles. The molecule has 2 rings (SSSR count). The van der Waals surface area contributed by atoms with Crippen molar-refractivity contribution in [3.63, 3.8) is 0 Å². The molecule has 1 fully saturated rings. The summed E-state index contributed by atoms with van der Waals surface area (Å²) in [6.45, 7) is 1.89. The van der Waals surface area contributed by atoms with E-state index >= 15 is 0 Å². The van der Waals surface area contributed by atoms with Gasteiger partial charge in [0, 0.05) is 5.41 Å². The van der Waals surface area contributed by atoms with E-state index < -0.39 is 5.60 Å². The Morgan fingerprint density at radius 2 is 2.20 bits per heavy atom. The number of rotatable bonds is 1. The van der Waals surface area contributed by atoms with Crippen LogP contribution < -0.4 is 0 Å². The van der Waals surface area contributed by atoms with Crippen molar-refractivity contribution in [3.8, 4) is 0 Å². The van der Waals surface area contributed by atoms with Gasteiger partial charge in [0.1, 0.15) is 0 Å². The highest BCUT2D eigenvalue weighted by Crippen LogP contribution is 2.56. The minimum atomic E-state index is -0.579. The van der Waals surface area contributed by atoms with E-state index in [-0.39, 0.29) is 17.3 Å². The second-order valence-corrected chi connectivity index (χ2v) is 4.96. The van der Waals surface area contributed by atoms with Gasteiger partial charge in [-0.15, -0.1) is 0 Å². The van der Waals surface area contributed by atoms with Gasteiger partial charge in [-0.3, -0.25) is 4.79 Å². The molecule has 0 aromatic carbocycles. The molecule has 0 saturated heterocycles. The van der Waals surface area contributed by atoms with Crippen LogP contribution in [0.15, 0.2) is 12.2 Å². The Hall–Kier alpha value is -0.830. The minimum absolute atomic E-state index is 0.0719. The molecule has 3 atom stereocenters. The molecule has 0 amide bonds. The van der Waals surface area contributed by atoms with Gasteiger partial charge >= 0.3 is 5.97 Å². The molecule has 0 aromatic rings. The summed E-state index contributed by atoms with van der Waals surface area (Å²) in [5.74, 6) is -0.280. The lowest BCUT2D eigenvalue weighted by Crippen LogP contribution is -2.55. The molecule has 1 spiro atoms. The molecule has 2 aliphatic carbocycles. The third kappa shape index (κ3) is 1.49. The minimum Gasteiger partial charge on any atom is -0.469 e. The van der Waals surface area contributed by atoms with Gasteiger partial charge < -0.3 is 9.84 Å². The number of carbonyl (C=O) groups excluding carboxylic acids is 1. The molecule has 0 unspecified atom stereocenters. The smallest absolute Gasteiger partial charge is 0.312 e. The molecule has 2 aliphatic rings. The maximum absolute atomic E-state index is 11.3. The van der Waals surface area contributed by atoms with Gasteiger partial charge in [0.25, 0.3) is 0 Å². The second kappa shape index (κ2) is 3.34. The first-order valence-electron chi connectivity index (χ1n) is 5.50. The summed E-state index contributed by atoms with van der Waals surface area (Å²) in [5, 5.41) is 10.1. The zero-order chi connectivity index (χ0) is 11.1. The van der Waals surface area contributed by atoms with E-state index in [1.54, 1.807) is 0 Å². The van der Waals surface area contributed by atoms with Crippen molar-refractivity contribution in [1.29, 1.82) is 0 Å². The van der Waals surface area contributed by atoms with Crippen LogP contribution in [0.4, 0.5) is 0 Å². The molecule has 84 valence electrons. The van der Waals surface area contributed by atoms with Crippen LogP contribution in [0.1, 0.15) is 32.6 Å². The molecular weight excluding hydrogens is 192 g/mol. The number of hydrogen-bond acceptors (Lipinski definition) is 3. The Morgan fingerprint density at radius 1 is 1.47 bits per heavy atom. The first-order valence-corrected chi connectivity index (χ1v) is 5.50. The summed E-state index contributed by atoms with van der Waals surface area (Å²) in [4.78, 5) is 11.3. The number of aliphatic hydroxyl groups is 1. The average Bonchev–Trinajstić information content (AvgIpc) is 2.26. The van der Waals surface area contributed by atoms with E-state index in [9.17, 15) is 9.90 Å². The van der Waals surface area contributed by atoms with Crippen molar-refractivity contribution in [2.45, 2.75) is 38.2 Å². The maximum atomic E-state index is 11.3. The highest BCUT2D eigenvalue weighted by Gasteiger charge is 2.54. The number of hydrogen-bond donors (Lipinski definition) is 1. The maximum Gasteiger partial charge on any atom is 0.312 e. The van der Waals surface area contributed by atoms with Crippen LogP contribution in [0.3, 0.4) is 0 Å². The molecule has 3 nitrogen and oxygen atoms in total. The van der Waals surface area contributed by atoms with Crippen LogP contribution in [0.2, 0.25) is 0 Å². The van der Waals surface area contributed by atoms with Gasteiger partial charge in [-0.2, -0.15) is 0 Å². The van der Waals surface area contributed by atoms with Crippen molar-refractivity contribution in [2.75, 3.05) is 7.11 Å². The van der Waals surface area contributed by atoms with Gasteiger partial charge in [0.2, 0.25) is 0 Å². The zero-order valence-electron chi connectivity index (χ0n) is 9.32. The van der Waals surface area contributed by atoms with E-state index in [2.05, 4.69) is 0 Å². The summed E-state index contributed by atoms with van der Waals surface area (Å²) in [5.41, 5.74) is -0.651. The highest BCUT2D eigenvalue weighted by molar-refractivity contribution is 5.74. The predicted molar refractivity (Wildman–Crippen MR) is 56.2 cm³/mol. The molecule has 15 heavy (non-hydrogen) atoms. The quantitative estimate of drug-likeness (QED) is 0.529. The highest BCUT2D eigenvalue weighted by atomic mass is 16.5. The predicted octanol–water partition coefficient (Wildman–Crippen LogP) is 1.66. The first kappa shape index (κ1) is 10.7. The van der Waals surface area contributed by atoms with E-state index in [1.807, 2.05) is 19.1 Å².